The molecule has 1 saturated carbocycles. The minimum absolute atomic E-state index is 0.0326. The molecule has 0 spiro atoms. The summed E-state index contributed by atoms with van der Waals surface area (Å²) < 4.78 is 0. The fraction of sp³-hybridized carbons (Fsp3) is 0.867. The maximum absolute atomic E-state index is 12.9. The van der Waals surface area contributed by atoms with E-state index >= 15 is 0 Å². The van der Waals surface area contributed by atoms with E-state index in [2.05, 4.69) is 5.32 Å². The van der Waals surface area contributed by atoms with E-state index in [0.717, 1.165) is 12.8 Å². The van der Waals surface area contributed by atoms with Crippen LogP contribution in [-0.4, -0.2) is 34.3 Å². The van der Waals surface area contributed by atoms with Crippen LogP contribution < -0.4 is 5.32 Å². The van der Waals surface area contributed by atoms with E-state index in [1.165, 1.54) is 6.42 Å². The van der Waals surface area contributed by atoms with Crippen LogP contribution in [0.3, 0.4) is 0 Å². The first-order valence-corrected chi connectivity index (χ1v) is 7.61. The first-order valence-electron chi connectivity index (χ1n) is 7.61. The van der Waals surface area contributed by atoms with Crippen LogP contribution in [0.2, 0.25) is 0 Å². The fourth-order valence-electron chi connectivity index (χ4n) is 3.27. The first-order chi connectivity index (χ1) is 8.96. The normalized spacial score (nSPS) is 27.4. The van der Waals surface area contributed by atoms with Gasteiger partial charge in [0.25, 0.3) is 0 Å². The van der Waals surface area contributed by atoms with Gasteiger partial charge in [-0.25, -0.2) is 0 Å². The van der Waals surface area contributed by atoms with Gasteiger partial charge in [-0.05, 0) is 38.0 Å². The third-order valence-electron chi connectivity index (χ3n) is 4.88. The van der Waals surface area contributed by atoms with Crippen LogP contribution in [0, 0.1) is 5.92 Å². The van der Waals surface area contributed by atoms with Crippen molar-refractivity contribution in [3.8, 4) is 0 Å². The highest BCUT2D eigenvalue weighted by Gasteiger charge is 2.52. The van der Waals surface area contributed by atoms with E-state index in [9.17, 15) is 9.59 Å². The maximum atomic E-state index is 12.9. The molecule has 4 heteroatoms. The Kier molecular flexibility index (Phi) is 3.88. The molecule has 0 bridgehead atoms. The molecule has 1 aliphatic heterocycles. The Bertz CT molecular complexity index is 370. The number of nitrogens with zero attached hydrogens (tertiary/aromatic N) is 1. The van der Waals surface area contributed by atoms with Crippen molar-refractivity contribution in [3.05, 3.63) is 0 Å². The molecule has 4 nitrogen and oxygen atoms in total. The molecule has 1 N–H and O–H groups in total. The molecule has 2 fully saturated rings. The van der Waals surface area contributed by atoms with Crippen molar-refractivity contribution >= 4 is 11.8 Å². The second kappa shape index (κ2) is 5.14. The summed E-state index contributed by atoms with van der Waals surface area (Å²) in [6.45, 7) is 8.01. The standard InChI is InChI=1S/C15H26N2O2/c1-5-15(6-2)14(19)17(11-8-7-9-11)12(10(3)4)13(18)16-15/h10-12H,5-9H2,1-4H3,(H,16,18). The summed E-state index contributed by atoms with van der Waals surface area (Å²) in [5.41, 5.74) is -0.669. The maximum Gasteiger partial charge on any atom is 0.249 e. The van der Waals surface area contributed by atoms with Crippen LogP contribution >= 0.6 is 0 Å². The smallest absolute Gasteiger partial charge is 0.249 e. The van der Waals surface area contributed by atoms with Gasteiger partial charge >= 0.3 is 0 Å². The van der Waals surface area contributed by atoms with Gasteiger partial charge in [-0.2, -0.15) is 0 Å². The third-order valence-corrected chi connectivity index (χ3v) is 4.88. The summed E-state index contributed by atoms with van der Waals surface area (Å²) >= 11 is 0. The lowest BCUT2D eigenvalue weighted by atomic mass is 9.80. The molecule has 1 saturated heterocycles. The second-order valence-electron chi connectivity index (χ2n) is 6.26. The number of rotatable bonds is 4. The largest absolute Gasteiger partial charge is 0.340 e. The number of carbonyl (C=O) groups excluding carboxylic acids is 2. The zero-order valence-corrected chi connectivity index (χ0v) is 12.5. The topological polar surface area (TPSA) is 49.4 Å². The SMILES string of the molecule is CCC1(CC)NC(=O)C(C(C)C)N(C2CCC2)C1=O. The summed E-state index contributed by atoms with van der Waals surface area (Å²) in [5.74, 6) is 0.335. The van der Waals surface area contributed by atoms with E-state index in [0.29, 0.717) is 12.8 Å². The third kappa shape index (κ3) is 2.15. The minimum Gasteiger partial charge on any atom is -0.340 e. The van der Waals surface area contributed by atoms with E-state index in [1.54, 1.807) is 0 Å². The minimum atomic E-state index is -0.669. The molecule has 2 amide bonds. The van der Waals surface area contributed by atoms with Crippen molar-refractivity contribution in [1.82, 2.24) is 10.2 Å². The second-order valence-corrected chi connectivity index (χ2v) is 6.26. The van der Waals surface area contributed by atoms with E-state index in [4.69, 9.17) is 0 Å². The van der Waals surface area contributed by atoms with Gasteiger partial charge in [0.05, 0.1) is 0 Å². The summed E-state index contributed by atoms with van der Waals surface area (Å²) in [6.07, 6.45) is 4.61. The van der Waals surface area contributed by atoms with Gasteiger partial charge < -0.3 is 10.2 Å². The molecule has 1 aliphatic carbocycles. The lowest BCUT2D eigenvalue weighted by molar-refractivity contribution is -0.162. The highest BCUT2D eigenvalue weighted by atomic mass is 16.2. The summed E-state index contributed by atoms with van der Waals surface area (Å²) in [7, 11) is 0. The van der Waals surface area contributed by atoms with E-state index in [1.807, 2.05) is 32.6 Å². The predicted molar refractivity (Wildman–Crippen MR) is 74.6 cm³/mol. The van der Waals surface area contributed by atoms with Crippen molar-refractivity contribution < 1.29 is 9.59 Å². The molecule has 1 heterocycles. The van der Waals surface area contributed by atoms with Crippen molar-refractivity contribution in [1.29, 1.82) is 0 Å². The van der Waals surface area contributed by atoms with Gasteiger partial charge in [-0.3, -0.25) is 9.59 Å². The number of amides is 2. The van der Waals surface area contributed by atoms with Gasteiger partial charge in [0.15, 0.2) is 0 Å². The number of piperazine rings is 1. The van der Waals surface area contributed by atoms with Crippen molar-refractivity contribution in [2.75, 3.05) is 0 Å². The fourth-order valence-corrected chi connectivity index (χ4v) is 3.27. The lowest BCUT2D eigenvalue weighted by Crippen LogP contribution is -2.73. The molecular weight excluding hydrogens is 240 g/mol. The molecule has 19 heavy (non-hydrogen) atoms. The molecule has 0 aromatic carbocycles. The first kappa shape index (κ1) is 14.4. The van der Waals surface area contributed by atoms with Gasteiger partial charge in [0, 0.05) is 6.04 Å². The summed E-state index contributed by atoms with van der Waals surface area (Å²) in [6, 6.07) is -0.00699. The summed E-state index contributed by atoms with van der Waals surface area (Å²) in [5, 5.41) is 3.01. The van der Waals surface area contributed by atoms with Crippen LogP contribution in [0.25, 0.3) is 0 Å². The highest BCUT2D eigenvalue weighted by molar-refractivity contribution is 6.00. The average Bonchev–Trinajstić information content (AvgIpc) is 2.30. The number of hydrogen-bond donors (Lipinski definition) is 1. The number of nitrogens with one attached hydrogen (secondary N) is 1. The van der Waals surface area contributed by atoms with Gasteiger partial charge in [-0.15, -0.1) is 0 Å². The molecule has 108 valence electrons. The molecule has 2 rings (SSSR count). The molecule has 1 atom stereocenters. The zero-order valence-electron chi connectivity index (χ0n) is 12.5. The van der Waals surface area contributed by atoms with Gasteiger partial charge in [0.2, 0.25) is 11.8 Å². The van der Waals surface area contributed by atoms with Gasteiger partial charge in [-0.1, -0.05) is 27.7 Å². The van der Waals surface area contributed by atoms with E-state index in [-0.39, 0.29) is 29.8 Å². The molecule has 1 unspecified atom stereocenters. The zero-order chi connectivity index (χ0) is 14.2. The molecule has 2 aliphatic rings. The quantitative estimate of drug-likeness (QED) is 0.847. The Labute approximate surface area is 115 Å². The Morgan fingerprint density at radius 3 is 2.21 bits per heavy atom. The van der Waals surface area contributed by atoms with Crippen LogP contribution in [0.15, 0.2) is 0 Å². The lowest BCUT2D eigenvalue weighted by Gasteiger charge is -2.51. The predicted octanol–water partition coefficient (Wildman–Crippen LogP) is 2.08. The Morgan fingerprint density at radius 1 is 1.26 bits per heavy atom. The molecule has 0 aromatic rings. The van der Waals surface area contributed by atoms with Crippen LogP contribution in [0.1, 0.15) is 59.8 Å². The van der Waals surface area contributed by atoms with Crippen LogP contribution in [-0.2, 0) is 9.59 Å². The highest BCUT2D eigenvalue weighted by Crippen LogP contribution is 2.35. The molecule has 0 aromatic heterocycles. The summed E-state index contributed by atoms with van der Waals surface area (Å²) in [4.78, 5) is 27.3. The van der Waals surface area contributed by atoms with Crippen LogP contribution in [0.4, 0.5) is 0 Å². The van der Waals surface area contributed by atoms with Crippen molar-refractivity contribution in [2.45, 2.75) is 77.4 Å². The number of hydrogen-bond acceptors (Lipinski definition) is 2. The van der Waals surface area contributed by atoms with E-state index < -0.39 is 5.54 Å². The Morgan fingerprint density at radius 2 is 1.84 bits per heavy atom. The number of carbonyl (C=O) groups is 2. The monoisotopic (exact) mass is 266 g/mol. The van der Waals surface area contributed by atoms with Gasteiger partial charge in [0.1, 0.15) is 11.6 Å². The Balaban J connectivity index is 2.35. The molecule has 0 radical (unpaired) electrons. The van der Waals surface area contributed by atoms with Crippen molar-refractivity contribution in [2.24, 2.45) is 5.92 Å². The van der Waals surface area contributed by atoms with Crippen molar-refractivity contribution in [3.63, 3.8) is 0 Å². The Hall–Kier alpha value is -1.06. The van der Waals surface area contributed by atoms with Crippen LogP contribution in [0.5, 0.6) is 0 Å². The molecular formula is C15H26N2O2. The average molecular weight is 266 g/mol.